The molecule has 1 amide bonds. The molecule has 7 heteroatoms. The van der Waals surface area contributed by atoms with Crippen molar-refractivity contribution in [1.29, 1.82) is 0 Å². The first kappa shape index (κ1) is 19.1. The summed E-state index contributed by atoms with van der Waals surface area (Å²) in [6.45, 7) is 5.66. The van der Waals surface area contributed by atoms with E-state index in [-0.39, 0.29) is 24.2 Å². The highest BCUT2D eigenvalue weighted by molar-refractivity contribution is 9.10. The molecule has 0 aliphatic heterocycles. The molecule has 140 valence electrons. The van der Waals surface area contributed by atoms with Gasteiger partial charge in [-0.2, -0.15) is 0 Å². The van der Waals surface area contributed by atoms with E-state index in [0.29, 0.717) is 5.75 Å². The van der Waals surface area contributed by atoms with Crippen LogP contribution < -0.4 is 4.74 Å². The average Bonchev–Trinajstić information content (AvgIpc) is 2.90. The van der Waals surface area contributed by atoms with Crippen LogP contribution in [0.5, 0.6) is 11.6 Å². The molecule has 0 spiro atoms. The van der Waals surface area contributed by atoms with Gasteiger partial charge < -0.3 is 14.4 Å². The van der Waals surface area contributed by atoms with Crippen molar-refractivity contribution < 1.29 is 14.6 Å². The Morgan fingerprint density at radius 2 is 2.00 bits per heavy atom. The van der Waals surface area contributed by atoms with Crippen LogP contribution in [-0.2, 0) is 4.79 Å². The van der Waals surface area contributed by atoms with E-state index in [2.05, 4.69) is 26.2 Å². The number of carbonyl (C=O) groups is 1. The van der Waals surface area contributed by atoms with Gasteiger partial charge in [0.05, 0.1) is 9.99 Å². The Kier molecular flexibility index (Phi) is 5.60. The topological polar surface area (TPSA) is 76.2 Å². The van der Waals surface area contributed by atoms with Crippen LogP contribution in [0, 0.1) is 6.92 Å². The first-order valence-electron chi connectivity index (χ1n) is 8.54. The fourth-order valence-electron chi connectivity index (χ4n) is 2.86. The smallest absolute Gasteiger partial charge is 0.302 e. The standard InChI is InChI=1S/C20H20BrN3O3/c1-12(2)24-16-9-8-13(3)10-14(16)19(20(24)26)23-22-18(25)11-27-17-7-5-4-6-15(17)21/h4-10,12,26H,11H2,1-3H3. The number of aromatic nitrogens is 1. The summed E-state index contributed by atoms with van der Waals surface area (Å²) in [4.78, 5) is 12.1. The molecule has 1 heterocycles. The Hall–Kier alpha value is -2.67. The third-order valence-electron chi connectivity index (χ3n) is 4.07. The molecule has 1 aromatic heterocycles. The van der Waals surface area contributed by atoms with Crippen LogP contribution >= 0.6 is 15.9 Å². The lowest BCUT2D eigenvalue weighted by Gasteiger charge is -2.10. The number of nitrogens with zero attached hydrogens (tertiary/aromatic N) is 3. The molecule has 0 aliphatic carbocycles. The van der Waals surface area contributed by atoms with Crippen LogP contribution in [0.25, 0.3) is 10.9 Å². The zero-order valence-corrected chi connectivity index (χ0v) is 16.9. The second kappa shape index (κ2) is 7.92. The first-order chi connectivity index (χ1) is 12.9. The van der Waals surface area contributed by atoms with Gasteiger partial charge in [0, 0.05) is 11.4 Å². The predicted octanol–water partition coefficient (Wildman–Crippen LogP) is 5.69. The molecular weight excluding hydrogens is 410 g/mol. The molecule has 0 saturated heterocycles. The fourth-order valence-corrected chi connectivity index (χ4v) is 3.25. The van der Waals surface area contributed by atoms with Gasteiger partial charge in [0.2, 0.25) is 5.88 Å². The number of aromatic hydroxyl groups is 1. The number of benzene rings is 2. The number of fused-ring (bicyclic) bond motifs is 1. The van der Waals surface area contributed by atoms with E-state index in [0.717, 1.165) is 20.9 Å². The molecule has 6 nitrogen and oxygen atoms in total. The second-order valence-corrected chi connectivity index (χ2v) is 7.32. The molecule has 0 radical (unpaired) electrons. The maximum atomic E-state index is 12.1. The van der Waals surface area contributed by atoms with Crippen molar-refractivity contribution in [2.75, 3.05) is 6.61 Å². The third-order valence-corrected chi connectivity index (χ3v) is 4.73. The van der Waals surface area contributed by atoms with Crippen LogP contribution in [0.3, 0.4) is 0 Å². The number of azo groups is 1. The van der Waals surface area contributed by atoms with E-state index < -0.39 is 5.91 Å². The summed E-state index contributed by atoms with van der Waals surface area (Å²) in [7, 11) is 0. The van der Waals surface area contributed by atoms with Gasteiger partial charge in [0.15, 0.2) is 12.3 Å². The summed E-state index contributed by atoms with van der Waals surface area (Å²) < 4.78 is 7.97. The SMILES string of the molecule is Cc1ccc2c(c1)c(N=NC(=O)COc1ccccc1Br)c(O)n2C(C)C. The molecular formula is C20H20BrN3O3. The van der Waals surface area contributed by atoms with Crippen LogP contribution in [0.15, 0.2) is 57.2 Å². The van der Waals surface area contributed by atoms with Crippen LogP contribution in [-0.4, -0.2) is 22.2 Å². The van der Waals surface area contributed by atoms with Crippen LogP contribution in [0.4, 0.5) is 5.69 Å². The fraction of sp³-hybridized carbons (Fsp3) is 0.250. The summed E-state index contributed by atoms with van der Waals surface area (Å²) in [5.41, 5.74) is 2.17. The molecule has 3 rings (SSSR count). The van der Waals surface area contributed by atoms with Crippen molar-refractivity contribution in [3.05, 3.63) is 52.5 Å². The molecule has 1 N–H and O–H groups in total. The average molecular weight is 430 g/mol. The van der Waals surface area contributed by atoms with E-state index >= 15 is 0 Å². The summed E-state index contributed by atoms with van der Waals surface area (Å²) in [5.74, 6) is 0.00746. The summed E-state index contributed by atoms with van der Waals surface area (Å²) in [6, 6.07) is 13.1. The zero-order chi connectivity index (χ0) is 19.6. The number of aryl methyl sites for hydroxylation is 1. The summed E-state index contributed by atoms with van der Waals surface area (Å²) in [5, 5.41) is 19.1. The Bertz CT molecular complexity index is 1020. The van der Waals surface area contributed by atoms with Gasteiger partial charge in [-0.05, 0) is 61.0 Å². The van der Waals surface area contributed by atoms with Crippen LogP contribution in [0.2, 0.25) is 0 Å². The number of amides is 1. The Morgan fingerprint density at radius 1 is 1.26 bits per heavy atom. The van der Waals surface area contributed by atoms with Gasteiger partial charge in [-0.15, -0.1) is 10.2 Å². The minimum Gasteiger partial charge on any atom is -0.493 e. The third kappa shape index (κ3) is 4.03. The minimum absolute atomic E-state index is 0.00567. The largest absolute Gasteiger partial charge is 0.493 e. The monoisotopic (exact) mass is 429 g/mol. The second-order valence-electron chi connectivity index (χ2n) is 6.47. The van der Waals surface area contributed by atoms with E-state index in [1.54, 1.807) is 10.6 Å². The van der Waals surface area contributed by atoms with Gasteiger partial charge in [-0.25, -0.2) is 0 Å². The Morgan fingerprint density at radius 3 is 2.70 bits per heavy atom. The molecule has 0 unspecified atom stereocenters. The van der Waals surface area contributed by atoms with Gasteiger partial charge in [-0.3, -0.25) is 4.79 Å². The molecule has 27 heavy (non-hydrogen) atoms. The number of hydrogen-bond donors (Lipinski definition) is 1. The number of rotatable bonds is 5. The number of halogens is 1. The quantitative estimate of drug-likeness (QED) is 0.529. The van der Waals surface area contributed by atoms with Gasteiger partial charge in [-0.1, -0.05) is 23.8 Å². The van der Waals surface area contributed by atoms with Crippen molar-refractivity contribution in [3.63, 3.8) is 0 Å². The molecule has 2 aromatic carbocycles. The van der Waals surface area contributed by atoms with E-state index in [4.69, 9.17) is 4.74 Å². The lowest BCUT2D eigenvalue weighted by molar-refractivity contribution is -0.120. The highest BCUT2D eigenvalue weighted by Gasteiger charge is 2.19. The van der Waals surface area contributed by atoms with Crippen molar-refractivity contribution in [3.8, 4) is 11.6 Å². The molecule has 0 bridgehead atoms. The predicted molar refractivity (Wildman–Crippen MR) is 108 cm³/mol. The van der Waals surface area contributed by atoms with Crippen molar-refractivity contribution in [2.45, 2.75) is 26.8 Å². The Balaban J connectivity index is 1.85. The number of hydrogen-bond acceptors (Lipinski definition) is 4. The van der Waals surface area contributed by atoms with E-state index in [1.807, 2.05) is 57.2 Å². The molecule has 0 atom stereocenters. The normalized spacial score (nSPS) is 11.6. The van der Waals surface area contributed by atoms with E-state index in [9.17, 15) is 9.90 Å². The van der Waals surface area contributed by atoms with Crippen molar-refractivity contribution >= 4 is 38.4 Å². The van der Waals surface area contributed by atoms with Gasteiger partial charge in [0.1, 0.15) is 5.75 Å². The summed E-state index contributed by atoms with van der Waals surface area (Å²) in [6.07, 6.45) is 0. The lowest BCUT2D eigenvalue weighted by Crippen LogP contribution is -2.08. The molecule has 3 aromatic rings. The highest BCUT2D eigenvalue weighted by atomic mass is 79.9. The molecule has 0 aliphatic rings. The van der Waals surface area contributed by atoms with Gasteiger partial charge >= 0.3 is 5.91 Å². The lowest BCUT2D eigenvalue weighted by atomic mass is 10.1. The van der Waals surface area contributed by atoms with Crippen molar-refractivity contribution in [2.24, 2.45) is 10.2 Å². The maximum absolute atomic E-state index is 12.1. The molecule has 0 saturated carbocycles. The van der Waals surface area contributed by atoms with Crippen LogP contribution in [0.1, 0.15) is 25.5 Å². The number of ether oxygens (including phenoxy) is 1. The van der Waals surface area contributed by atoms with Gasteiger partial charge in [0.25, 0.3) is 0 Å². The maximum Gasteiger partial charge on any atom is 0.302 e. The first-order valence-corrected chi connectivity index (χ1v) is 9.33. The van der Waals surface area contributed by atoms with Crippen molar-refractivity contribution in [1.82, 2.24) is 4.57 Å². The highest BCUT2D eigenvalue weighted by Crippen LogP contribution is 2.41. The Labute approximate surface area is 165 Å². The molecule has 0 fully saturated rings. The zero-order valence-electron chi connectivity index (χ0n) is 15.3. The van der Waals surface area contributed by atoms with E-state index in [1.165, 1.54) is 0 Å². The number of para-hydroxylation sites is 1. The number of carbonyl (C=O) groups excluding carboxylic acids is 1. The minimum atomic E-state index is -0.539. The summed E-state index contributed by atoms with van der Waals surface area (Å²) >= 11 is 3.36.